The van der Waals surface area contributed by atoms with E-state index < -0.39 is 0 Å². The number of piperazine rings is 1. The topological polar surface area (TPSA) is 76.2 Å². The fourth-order valence-electron chi connectivity index (χ4n) is 5.23. The molecule has 0 spiro atoms. The molecule has 0 radical (unpaired) electrons. The zero-order valence-corrected chi connectivity index (χ0v) is 20.4. The SMILES string of the molecule is CC(C)N1CC(C(=O)N2CCN(C(=O)c3cccs3)CC2)C2NN(c3ccccc3)C(=O)C2C1. The third-order valence-corrected chi connectivity index (χ3v) is 8.08. The highest BCUT2D eigenvalue weighted by Crippen LogP contribution is 2.33. The second kappa shape index (κ2) is 9.48. The van der Waals surface area contributed by atoms with Gasteiger partial charge in [0.15, 0.2) is 0 Å². The van der Waals surface area contributed by atoms with E-state index in [1.54, 1.807) is 5.01 Å². The molecule has 3 aliphatic rings. The molecule has 0 saturated carbocycles. The Morgan fingerprint density at radius 1 is 0.971 bits per heavy atom. The first-order valence-electron chi connectivity index (χ1n) is 11.9. The summed E-state index contributed by atoms with van der Waals surface area (Å²) in [6, 6.07) is 13.3. The second-order valence-corrected chi connectivity index (χ2v) is 10.5. The highest BCUT2D eigenvalue weighted by molar-refractivity contribution is 7.12. The molecule has 3 unspecified atom stereocenters. The summed E-state index contributed by atoms with van der Waals surface area (Å²) < 4.78 is 0. The van der Waals surface area contributed by atoms with Crippen LogP contribution in [0.3, 0.4) is 0 Å². The van der Waals surface area contributed by atoms with Crippen LogP contribution in [-0.4, -0.2) is 83.8 Å². The van der Waals surface area contributed by atoms with Gasteiger partial charge in [-0.3, -0.25) is 19.3 Å². The number of amides is 3. The summed E-state index contributed by atoms with van der Waals surface area (Å²) >= 11 is 1.44. The summed E-state index contributed by atoms with van der Waals surface area (Å²) in [7, 11) is 0. The summed E-state index contributed by atoms with van der Waals surface area (Å²) in [5.74, 6) is -0.470. The van der Waals surface area contributed by atoms with Crippen molar-refractivity contribution in [3.05, 3.63) is 52.7 Å². The van der Waals surface area contributed by atoms with E-state index in [-0.39, 0.29) is 41.6 Å². The number of piperidine rings is 1. The Bertz CT molecular complexity index is 1040. The number of fused-ring (bicyclic) bond motifs is 1. The van der Waals surface area contributed by atoms with Gasteiger partial charge >= 0.3 is 0 Å². The number of nitrogens with one attached hydrogen (secondary N) is 1. The van der Waals surface area contributed by atoms with Crippen LogP contribution in [0.4, 0.5) is 5.69 Å². The third-order valence-electron chi connectivity index (χ3n) is 7.22. The smallest absolute Gasteiger partial charge is 0.264 e. The Morgan fingerprint density at radius 2 is 1.68 bits per heavy atom. The van der Waals surface area contributed by atoms with Gasteiger partial charge in [0.2, 0.25) is 11.8 Å². The minimum atomic E-state index is -0.321. The third kappa shape index (κ3) is 4.23. The van der Waals surface area contributed by atoms with Crippen molar-refractivity contribution >= 4 is 34.7 Å². The number of rotatable bonds is 4. The lowest BCUT2D eigenvalue weighted by molar-refractivity contribution is -0.141. The molecule has 3 fully saturated rings. The van der Waals surface area contributed by atoms with Crippen LogP contribution in [0.2, 0.25) is 0 Å². The van der Waals surface area contributed by atoms with E-state index in [0.717, 1.165) is 10.6 Å². The predicted octanol–water partition coefficient (Wildman–Crippen LogP) is 1.91. The summed E-state index contributed by atoms with van der Waals surface area (Å²) in [4.78, 5) is 46.5. The number of hydrazine groups is 1. The van der Waals surface area contributed by atoms with Gasteiger partial charge in [0.1, 0.15) is 0 Å². The predicted molar refractivity (Wildman–Crippen MR) is 131 cm³/mol. The van der Waals surface area contributed by atoms with Gasteiger partial charge in [0.25, 0.3) is 5.91 Å². The number of thiophene rings is 1. The van der Waals surface area contributed by atoms with Crippen molar-refractivity contribution < 1.29 is 14.4 Å². The number of carbonyl (C=O) groups excluding carboxylic acids is 3. The lowest BCUT2D eigenvalue weighted by Crippen LogP contribution is -2.60. The minimum Gasteiger partial charge on any atom is -0.339 e. The van der Waals surface area contributed by atoms with Crippen LogP contribution in [0.5, 0.6) is 0 Å². The van der Waals surface area contributed by atoms with Crippen molar-refractivity contribution in [1.29, 1.82) is 0 Å². The summed E-state index contributed by atoms with van der Waals surface area (Å²) in [6.45, 7) is 7.57. The number of likely N-dealkylation sites (tertiary alicyclic amines) is 1. The Kier molecular flexibility index (Phi) is 6.42. The van der Waals surface area contributed by atoms with E-state index in [9.17, 15) is 14.4 Å². The van der Waals surface area contributed by atoms with Gasteiger partial charge in [-0.15, -0.1) is 11.3 Å². The molecule has 34 heavy (non-hydrogen) atoms. The molecule has 3 saturated heterocycles. The molecule has 180 valence electrons. The Morgan fingerprint density at radius 3 is 2.32 bits per heavy atom. The molecule has 9 heteroatoms. The molecule has 3 amide bonds. The maximum absolute atomic E-state index is 13.7. The zero-order valence-electron chi connectivity index (χ0n) is 19.6. The lowest BCUT2D eigenvalue weighted by Gasteiger charge is -2.43. The first-order chi connectivity index (χ1) is 16.4. The molecule has 3 atom stereocenters. The highest BCUT2D eigenvalue weighted by atomic mass is 32.1. The molecule has 8 nitrogen and oxygen atoms in total. The molecule has 1 aromatic carbocycles. The van der Waals surface area contributed by atoms with Crippen LogP contribution in [0, 0.1) is 11.8 Å². The van der Waals surface area contributed by atoms with Gasteiger partial charge in [0, 0.05) is 45.3 Å². The number of nitrogens with zero attached hydrogens (tertiary/aromatic N) is 4. The van der Waals surface area contributed by atoms with E-state index in [2.05, 4.69) is 24.2 Å². The van der Waals surface area contributed by atoms with Crippen molar-refractivity contribution in [2.24, 2.45) is 11.8 Å². The van der Waals surface area contributed by atoms with Crippen molar-refractivity contribution in [3.63, 3.8) is 0 Å². The maximum Gasteiger partial charge on any atom is 0.264 e. The Hall–Kier alpha value is -2.75. The summed E-state index contributed by atoms with van der Waals surface area (Å²) in [6.07, 6.45) is 0. The molecule has 1 aromatic heterocycles. The normalized spacial score (nSPS) is 25.7. The van der Waals surface area contributed by atoms with Crippen LogP contribution in [-0.2, 0) is 9.59 Å². The van der Waals surface area contributed by atoms with Crippen molar-refractivity contribution in [2.75, 3.05) is 44.3 Å². The number of para-hydroxylation sites is 1. The van der Waals surface area contributed by atoms with E-state index in [1.165, 1.54) is 11.3 Å². The van der Waals surface area contributed by atoms with E-state index in [0.29, 0.717) is 39.3 Å². The first-order valence-corrected chi connectivity index (χ1v) is 12.8. The molecule has 4 heterocycles. The number of carbonyl (C=O) groups is 3. The molecular formula is C25H31N5O3S. The van der Waals surface area contributed by atoms with Gasteiger partial charge in [-0.05, 0) is 37.4 Å². The van der Waals surface area contributed by atoms with E-state index in [1.807, 2.05) is 57.6 Å². The van der Waals surface area contributed by atoms with Gasteiger partial charge < -0.3 is 9.80 Å². The number of hydrogen-bond donors (Lipinski definition) is 1. The quantitative estimate of drug-likeness (QED) is 0.722. The molecule has 0 aliphatic carbocycles. The average molecular weight is 482 g/mol. The van der Waals surface area contributed by atoms with Crippen LogP contribution >= 0.6 is 11.3 Å². The lowest BCUT2D eigenvalue weighted by atomic mass is 9.83. The van der Waals surface area contributed by atoms with Crippen LogP contribution in [0.25, 0.3) is 0 Å². The average Bonchev–Trinajstić information content (AvgIpc) is 3.52. The maximum atomic E-state index is 13.7. The molecule has 1 N–H and O–H groups in total. The molecule has 5 rings (SSSR count). The van der Waals surface area contributed by atoms with Crippen molar-refractivity contribution in [1.82, 2.24) is 20.1 Å². The zero-order chi connectivity index (χ0) is 23.8. The van der Waals surface area contributed by atoms with Crippen LogP contribution < -0.4 is 10.4 Å². The van der Waals surface area contributed by atoms with Gasteiger partial charge in [-0.2, -0.15) is 0 Å². The van der Waals surface area contributed by atoms with Gasteiger partial charge in [-0.1, -0.05) is 24.3 Å². The van der Waals surface area contributed by atoms with Crippen LogP contribution in [0.15, 0.2) is 47.8 Å². The van der Waals surface area contributed by atoms with Crippen molar-refractivity contribution in [3.8, 4) is 0 Å². The van der Waals surface area contributed by atoms with Gasteiger partial charge in [0.05, 0.1) is 28.4 Å². The van der Waals surface area contributed by atoms with Crippen LogP contribution in [0.1, 0.15) is 23.5 Å². The molecule has 2 aromatic rings. The largest absolute Gasteiger partial charge is 0.339 e. The Balaban J connectivity index is 1.31. The number of hydrogen-bond acceptors (Lipinski definition) is 6. The monoisotopic (exact) mass is 481 g/mol. The minimum absolute atomic E-state index is 0.0192. The fourth-order valence-corrected chi connectivity index (χ4v) is 5.92. The second-order valence-electron chi connectivity index (χ2n) is 9.52. The van der Waals surface area contributed by atoms with E-state index in [4.69, 9.17) is 0 Å². The van der Waals surface area contributed by atoms with Gasteiger partial charge in [-0.25, -0.2) is 10.4 Å². The molecule has 3 aliphatic heterocycles. The first kappa shape index (κ1) is 23.0. The molecular weight excluding hydrogens is 450 g/mol. The van der Waals surface area contributed by atoms with Crippen molar-refractivity contribution in [2.45, 2.75) is 25.9 Å². The number of anilines is 1. The fraction of sp³-hybridized carbons (Fsp3) is 0.480. The Labute approximate surface area is 204 Å². The summed E-state index contributed by atoms with van der Waals surface area (Å²) in [5.41, 5.74) is 4.18. The standard InChI is InChI=1S/C25H31N5O3S/c1-17(2)29-15-19(22-20(16-29)24(32)30(26-22)18-7-4-3-5-8-18)23(31)27-10-12-28(13-11-27)25(33)21-9-6-14-34-21/h3-9,14,17,19-20,22,26H,10-13,15-16H2,1-2H3. The van der Waals surface area contributed by atoms with E-state index >= 15 is 0 Å². The highest BCUT2D eigenvalue weighted by Gasteiger charge is 2.52. The molecule has 0 bridgehead atoms. The number of benzene rings is 1. The summed E-state index contributed by atoms with van der Waals surface area (Å²) in [5, 5.41) is 3.53.